The Morgan fingerprint density at radius 1 is 1.35 bits per heavy atom. The van der Waals surface area contributed by atoms with Crippen molar-refractivity contribution < 1.29 is 23.9 Å². The zero-order valence-corrected chi connectivity index (χ0v) is 14.4. The van der Waals surface area contributed by atoms with E-state index in [4.69, 9.17) is 14.3 Å². The van der Waals surface area contributed by atoms with Gasteiger partial charge in [-0.2, -0.15) is 0 Å². The van der Waals surface area contributed by atoms with Crippen molar-refractivity contribution in [3.05, 3.63) is 0 Å². The Labute approximate surface area is 136 Å². The number of nitrogens with zero attached hydrogens (tertiary/aromatic N) is 1. The fourth-order valence-corrected chi connectivity index (χ4v) is 3.14. The van der Waals surface area contributed by atoms with E-state index in [0.29, 0.717) is 13.0 Å². The third-order valence-corrected chi connectivity index (χ3v) is 4.05. The molecule has 1 amide bonds. The van der Waals surface area contributed by atoms with Crippen LogP contribution in [-0.4, -0.2) is 42.1 Å². The number of carbonyl (C=O) groups excluding carboxylic acids is 2. The second-order valence-corrected chi connectivity index (χ2v) is 6.88. The van der Waals surface area contributed by atoms with Crippen molar-refractivity contribution in [2.45, 2.75) is 65.2 Å². The zero-order valence-electron chi connectivity index (χ0n) is 14.4. The quantitative estimate of drug-likeness (QED) is 0.801. The SMILES string of the molecule is CCOC(=O)[C@H]1C[C@@H]2C(CC)=NO[C@@H]2[C@@H]1NC(=O)OC(C)(C)C. The van der Waals surface area contributed by atoms with Gasteiger partial charge in [-0.1, -0.05) is 12.1 Å². The van der Waals surface area contributed by atoms with E-state index in [1.54, 1.807) is 27.7 Å². The van der Waals surface area contributed by atoms with Crippen molar-refractivity contribution in [3.8, 4) is 0 Å². The van der Waals surface area contributed by atoms with Gasteiger partial charge in [0, 0.05) is 5.92 Å². The molecule has 0 bridgehead atoms. The molecule has 0 spiro atoms. The minimum absolute atomic E-state index is 0.0364. The van der Waals surface area contributed by atoms with Crippen molar-refractivity contribution in [3.63, 3.8) is 0 Å². The molecule has 1 saturated carbocycles. The molecule has 130 valence electrons. The second kappa shape index (κ2) is 6.76. The van der Waals surface area contributed by atoms with Crippen LogP contribution in [0.3, 0.4) is 0 Å². The number of oxime groups is 1. The fourth-order valence-electron chi connectivity index (χ4n) is 3.14. The molecular formula is C16H26N2O5. The van der Waals surface area contributed by atoms with Gasteiger partial charge in [0.25, 0.3) is 0 Å². The summed E-state index contributed by atoms with van der Waals surface area (Å²) in [6.07, 6.45) is 0.421. The van der Waals surface area contributed by atoms with E-state index >= 15 is 0 Å². The molecule has 1 N–H and O–H groups in total. The lowest BCUT2D eigenvalue weighted by molar-refractivity contribution is -0.149. The normalized spacial score (nSPS) is 29.3. The van der Waals surface area contributed by atoms with E-state index in [2.05, 4.69) is 10.5 Å². The number of alkyl carbamates (subject to hydrolysis) is 1. The second-order valence-electron chi connectivity index (χ2n) is 6.88. The van der Waals surface area contributed by atoms with Crippen LogP contribution in [0.25, 0.3) is 0 Å². The molecule has 1 aliphatic carbocycles. The number of hydrogen-bond acceptors (Lipinski definition) is 6. The van der Waals surface area contributed by atoms with Crippen molar-refractivity contribution in [1.82, 2.24) is 5.32 Å². The van der Waals surface area contributed by atoms with E-state index in [-0.39, 0.29) is 18.0 Å². The Kier molecular flexibility index (Phi) is 5.16. The van der Waals surface area contributed by atoms with Gasteiger partial charge in [0.1, 0.15) is 5.60 Å². The molecule has 0 saturated heterocycles. The summed E-state index contributed by atoms with van der Waals surface area (Å²) in [5, 5.41) is 6.86. The van der Waals surface area contributed by atoms with E-state index in [0.717, 1.165) is 12.1 Å². The van der Waals surface area contributed by atoms with Crippen LogP contribution >= 0.6 is 0 Å². The molecule has 4 atom stereocenters. The minimum Gasteiger partial charge on any atom is -0.466 e. The molecule has 2 rings (SSSR count). The van der Waals surface area contributed by atoms with E-state index in [1.165, 1.54) is 0 Å². The summed E-state index contributed by atoms with van der Waals surface area (Å²) in [4.78, 5) is 29.8. The Bertz CT molecular complexity index is 497. The van der Waals surface area contributed by atoms with Crippen molar-refractivity contribution in [2.75, 3.05) is 6.61 Å². The van der Waals surface area contributed by atoms with Gasteiger partial charge in [0.15, 0.2) is 6.10 Å². The number of nitrogens with one attached hydrogen (secondary N) is 1. The number of fused-ring (bicyclic) bond motifs is 1. The van der Waals surface area contributed by atoms with Gasteiger partial charge >= 0.3 is 12.1 Å². The molecule has 0 aromatic carbocycles. The summed E-state index contributed by atoms with van der Waals surface area (Å²) in [6, 6.07) is -0.498. The summed E-state index contributed by atoms with van der Waals surface area (Å²) in [5.41, 5.74) is 0.320. The van der Waals surface area contributed by atoms with Crippen LogP contribution in [0, 0.1) is 11.8 Å². The number of esters is 1. The largest absolute Gasteiger partial charge is 0.466 e. The number of carbonyl (C=O) groups is 2. The van der Waals surface area contributed by atoms with Gasteiger partial charge in [0.2, 0.25) is 0 Å². The Hall–Kier alpha value is -1.79. The predicted molar refractivity (Wildman–Crippen MR) is 84.0 cm³/mol. The lowest BCUT2D eigenvalue weighted by Crippen LogP contribution is -2.48. The highest BCUT2D eigenvalue weighted by Gasteiger charge is 2.53. The maximum absolute atomic E-state index is 12.2. The van der Waals surface area contributed by atoms with Crippen LogP contribution in [-0.2, 0) is 19.1 Å². The van der Waals surface area contributed by atoms with Gasteiger partial charge in [-0.25, -0.2) is 4.79 Å². The van der Waals surface area contributed by atoms with Gasteiger partial charge in [-0.15, -0.1) is 0 Å². The van der Waals surface area contributed by atoms with Crippen LogP contribution in [0.4, 0.5) is 4.79 Å². The highest BCUT2D eigenvalue weighted by molar-refractivity contribution is 5.90. The first-order valence-electron chi connectivity index (χ1n) is 8.15. The molecule has 1 aliphatic heterocycles. The van der Waals surface area contributed by atoms with E-state index in [1.807, 2.05) is 6.92 Å². The Balaban J connectivity index is 2.12. The zero-order chi connectivity index (χ0) is 17.2. The smallest absolute Gasteiger partial charge is 0.408 e. The first kappa shape index (κ1) is 17.6. The van der Waals surface area contributed by atoms with E-state index < -0.39 is 23.7 Å². The first-order valence-corrected chi connectivity index (χ1v) is 8.15. The number of rotatable bonds is 4. The lowest BCUT2D eigenvalue weighted by atomic mass is 9.97. The van der Waals surface area contributed by atoms with Gasteiger partial charge in [-0.05, 0) is 40.5 Å². The third kappa shape index (κ3) is 3.95. The molecule has 0 aromatic heterocycles. The fraction of sp³-hybridized carbons (Fsp3) is 0.812. The van der Waals surface area contributed by atoms with Gasteiger partial charge in [0.05, 0.1) is 24.3 Å². The molecule has 0 radical (unpaired) electrons. The molecule has 7 nitrogen and oxygen atoms in total. The average Bonchev–Trinajstić information content (AvgIpc) is 2.97. The standard InChI is InChI=1S/C16H26N2O5/c1-6-11-9-8-10(14(19)21-7-2)12(13(9)23-18-11)17-15(20)22-16(3,4)5/h9-10,12-13H,6-8H2,1-5H3,(H,17,20)/t9-,10+,12-,13+/m1/s1. The third-order valence-electron chi connectivity index (χ3n) is 4.05. The van der Waals surface area contributed by atoms with Crippen LogP contribution in [0.15, 0.2) is 5.16 Å². The van der Waals surface area contributed by atoms with Crippen molar-refractivity contribution >= 4 is 17.8 Å². The number of amides is 1. The van der Waals surface area contributed by atoms with Crippen LogP contribution in [0.1, 0.15) is 47.5 Å². The molecule has 1 fully saturated rings. The lowest BCUT2D eigenvalue weighted by Gasteiger charge is -2.25. The number of hydrogen-bond donors (Lipinski definition) is 1. The Morgan fingerprint density at radius 2 is 2.04 bits per heavy atom. The van der Waals surface area contributed by atoms with E-state index in [9.17, 15) is 9.59 Å². The highest BCUT2D eigenvalue weighted by atomic mass is 16.6. The summed E-state index contributed by atoms with van der Waals surface area (Å²) in [6.45, 7) is 9.43. The maximum atomic E-state index is 12.2. The van der Waals surface area contributed by atoms with Gasteiger partial charge in [-0.3, -0.25) is 4.79 Å². The highest BCUT2D eigenvalue weighted by Crippen LogP contribution is 2.40. The monoisotopic (exact) mass is 326 g/mol. The van der Waals surface area contributed by atoms with Crippen molar-refractivity contribution in [2.24, 2.45) is 17.0 Å². The topological polar surface area (TPSA) is 86.2 Å². The predicted octanol–water partition coefficient (Wildman–Crippen LogP) is 2.24. The van der Waals surface area contributed by atoms with Crippen LogP contribution in [0.2, 0.25) is 0 Å². The molecule has 0 aromatic rings. The molecule has 1 heterocycles. The molecule has 7 heteroatoms. The molecule has 2 aliphatic rings. The summed E-state index contributed by atoms with van der Waals surface area (Å²) < 4.78 is 10.4. The average molecular weight is 326 g/mol. The summed E-state index contributed by atoms with van der Waals surface area (Å²) in [5.74, 6) is -0.731. The number of ether oxygens (including phenoxy) is 2. The molecule has 23 heavy (non-hydrogen) atoms. The van der Waals surface area contributed by atoms with Crippen LogP contribution in [0.5, 0.6) is 0 Å². The van der Waals surface area contributed by atoms with Crippen molar-refractivity contribution in [1.29, 1.82) is 0 Å². The Morgan fingerprint density at radius 3 is 2.61 bits per heavy atom. The molecule has 0 unspecified atom stereocenters. The summed E-state index contributed by atoms with van der Waals surface area (Å²) >= 11 is 0. The maximum Gasteiger partial charge on any atom is 0.408 e. The summed E-state index contributed by atoms with van der Waals surface area (Å²) in [7, 11) is 0. The molecular weight excluding hydrogens is 300 g/mol. The minimum atomic E-state index is -0.608. The van der Waals surface area contributed by atoms with Gasteiger partial charge < -0.3 is 19.6 Å². The van der Waals surface area contributed by atoms with Crippen LogP contribution < -0.4 is 5.32 Å². The first-order chi connectivity index (χ1) is 10.8.